The Labute approximate surface area is 90.4 Å². The molecule has 1 heterocycles. The van der Waals surface area contributed by atoms with Gasteiger partial charge in [0.1, 0.15) is 0 Å². The van der Waals surface area contributed by atoms with Gasteiger partial charge in [-0.15, -0.1) is 10.2 Å². The van der Waals surface area contributed by atoms with Gasteiger partial charge in [-0.3, -0.25) is 9.59 Å². The van der Waals surface area contributed by atoms with Gasteiger partial charge < -0.3 is 10.4 Å². The molecule has 1 atom stereocenters. The molecule has 1 aliphatic rings. The maximum absolute atomic E-state index is 11.5. The molecule has 1 aliphatic carbocycles. The SMILES string of the molecule is O=C(O)CC(NC(=O)c1nn[nH]n1)C1CC1. The number of H-pyrrole nitrogens is 1. The number of rotatable bonds is 5. The zero-order valence-electron chi connectivity index (χ0n) is 8.38. The molecule has 0 bridgehead atoms. The van der Waals surface area contributed by atoms with Crippen molar-refractivity contribution < 1.29 is 14.7 Å². The Bertz CT molecular complexity index is 386. The van der Waals surface area contributed by atoms with Gasteiger partial charge in [0.25, 0.3) is 11.7 Å². The maximum atomic E-state index is 11.5. The lowest BCUT2D eigenvalue weighted by Crippen LogP contribution is -2.38. The molecular weight excluding hydrogens is 214 g/mol. The van der Waals surface area contributed by atoms with E-state index in [-0.39, 0.29) is 24.2 Å². The van der Waals surface area contributed by atoms with E-state index >= 15 is 0 Å². The summed E-state index contributed by atoms with van der Waals surface area (Å²) in [5.41, 5.74) is 0. The number of carboxylic acids is 1. The number of nitrogens with zero attached hydrogens (tertiary/aromatic N) is 3. The first-order valence-electron chi connectivity index (χ1n) is 4.93. The Balaban J connectivity index is 1.95. The minimum Gasteiger partial charge on any atom is -0.481 e. The van der Waals surface area contributed by atoms with E-state index in [1.54, 1.807) is 0 Å². The predicted molar refractivity (Wildman–Crippen MR) is 50.4 cm³/mol. The highest BCUT2D eigenvalue weighted by atomic mass is 16.4. The number of carboxylic acid groups (broad SMARTS) is 1. The lowest BCUT2D eigenvalue weighted by atomic mass is 10.1. The lowest BCUT2D eigenvalue weighted by Gasteiger charge is -2.14. The van der Waals surface area contributed by atoms with E-state index in [2.05, 4.69) is 25.9 Å². The van der Waals surface area contributed by atoms with Crippen LogP contribution in [0.1, 0.15) is 29.9 Å². The molecule has 1 fully saturated rings. The quantitative estimate of drug-likeness (QED) is 0.602. The van der Waals surface area contributed by atoms with Crippen LogP contribution in [-0.4, -0.2) is 43.6 Å². The maximum Gasteiger partial charge on any atom is 0.305 e. The van der Waals surface area contributed by atoms with Crippen LogP contribution in [-0.2, 0) is 4.79 Å². The first-order chi connectivity index (χ1) is 7.66. The molecule has 8 heteroatoms. The summed E-state index contributed by atoms with van der Waals surface area (Å²) < 4.78 is 0. The van der Waals surface area contributed by atoms with Crippen LogP contribution in [0.4, 0.5) is 0 Å². The number of nitrogens with one attached hydrogen (secondary N) is 2. The van der Waals surface area contributed by atoms with Gasteiger partial charge in [0.2, 0.25) is 0 Å². The van der Waals surface area contributed by atoms with Crippen molar-refractivity contribution in [2.75, 3.05) is 0 Å². The second-order valence-electron chi connectivity index (χ2n) is 3.75. The van der Waals surface area contributed by atoms with Gasteiger partial charge in [0.05, 0.1) is 6.42 Å². The van der Waals surface area contributed by atoms with Crippen molar-refractivity contribution in [1.29, 1.82) is 0 Å². The Kier molecular flexibility index (Phi) is 2.80. The number of carbonyl (C=O) groups is 2. The zero-order valence-corrected chi connectivity index (χ0v) is 8.38. The van der Waals surface area contributed by atoms with Gasteiger partial charge in [0, 0.05) is 6.04 Å². The molecule has 1 unspecified atom stereocenters. The topological polar surface area (TPSA) is 121 Å². The van der Waals surface area contributed by atoms with Crippen molar-refractivity contribution >= 4 is 11.9 Å². The minimum absolute atomic E-state index is 0.0731. The van der Waals surface area contributed by atoms with Gasteiger partial charge in [-0.2, -0.15) is 5.21 Å². The summed E-state index contributed by atoms with van der Waals surface area (Å²) in [6.45, 7) is 0. The zero-order chi connectivity index (χ0) is 11.5. The fraction of sp³-hybridized carbons (Fsp3) is 0.625. The van der Waals surface area contributed by atoms with E-state index in [9.17, 15) is 9.59 Å². The highest BCUT2D eigenvalue weighted by molar-refractivity contribution is 5.90. The van der Waals surface area contributed by atoms with Crippen LogP contribution in [0, 0.1) is 5.92 Å². The number of aliphatic carboxylic acids is 1. The third-order valence-electron chi connectivity index (χ3n) is 2.45. The molecule has 8 nitrogen and oxygen atoms in total. The number of carbonyl (C=O) groups excluding carboxylic acids is 1. The summed E-state index contributed by atoms with van der Waals surface area (Å²) in [7, 11) is 0. The smallest absolute Gasteiger partial charge is 0.305 e. The summed E-state index contributed by atoms with van der Waals surface area (Å²) in [6.07, 6.45) is 1.82. The van der Waals surface area contributed by atoms with Crippen molar-refractivity contribution in [1.82, 2.24) is 25.9 Å². The van der Waals surface area contributed by atoms with Crippen LogP contribution in [0.15, 0.2) is 0 Å². The van der Waals surface area contributed by atoms with Crippen LogP contribution in [0.25, 0.3) is 0 Å². The molecule has 0 radical (unpaired) electrons. The summed E-state index contributed by atoms with van der Waals surface area (Å²) in [5.74, 6) is -1.24. The normalized spacial score (nSPS) is 16.8. The molecule has 0 saturated heterocycles. The Morgan fingerprint density at radius 2 is 2.31 bits per heavy atom. The van der Waals surface area contributed by atoms with Gasteiger partial charge in [-0.25, -0.2) is 0 Å². The van der Waals surface area contributed by atoms with E-state index in [1.807, 2.05) is 0 Å². The fourth-order valence-electron chi connectivity index (χ4n) is 1.51. The second-order valence-corrected chi connectivity index (χ2v) is 3.75. The van der Waals surface area contributed by atoms with Crippen molar-refractivity contribution in [3.63, 3.8) is 0 Å². The van der Waals surface area contributed by atoms with Crippen molar-refractivity contribution in [3.8, 4) is 0 Å². The average Bonchev–Trinajstić information content (AvgIpc) is 2.91. The standard InChI is InChI=1S/C8H11N5O3/c14-6(15)3-5(4-1-2-4)9-8(16)7-10-12-13-11-7/h4-5H,1-3H2,(H,9,16)(H,14,15)(H,10,11,12,13). The largest absolute Gasteiger partial charge is 0.481 e. The van der Waals surface area contributed by atoms with Crippen molar-refractivity contribution in [2.45, 2.75) is 25.3 Å². The Morgan fingerprint density at radius 3 is 2.81 bits per heavy atom. The number of aromatic amines is 1. The molecule has 1 aromatic rings. The van der Waals surface area contributed by atoms with Crippen molar-refractivity contribution in [3.05, 3.63) is 5.82 Å². The Hall–Kier alpha value is -1.99. The van der Waals surface area contributed by atoms with Gasteiger partial charge >= 0.3 is 5.97 Å². The molecule has 1 amide bonds. The lowest BCUT2D eigenvalue weighted by molar-refractivity contribution is -0.137. The summed E-state index contributed by atoms with van der Waals surface area (Å²) in [5, 5.41) is 23.8. The van der Waals surface area contributed by atoms with E-state index in [0.717, 1.165) is 12.8 Å². The highest BCUT2D eigenvalue weighted by Crippen LogP contribution is 2.34. The summed E-state index contributed by atoms with van der Waals surface area (Å²) in [4.78, 5) is 22.1. The van der Waals surface area contributed by atoms with E-state index in [4.69, 9.17) is 5.11 Å². The van der Waals surface area contributed by atoms with Crippen LogP contribution >= 0.6 is 0 Å². The van der Waals surface area contributed by atoms with Gasteiger partial charge in [0.15, 0.2) is 0 Å². The molecule has 0 aliphatic heterocycles. The van der Waals surface area contributed by atoms with E-state index in [1.165, 1.54) is 0 Å². The summed E-state index contributed by atoms with van der Waals surface area (Å²) >= 11 is 0. The second kappa shape index (κ2) is 4.25. The summed E-state index contributed by atoms with van der Waals surface area (Å²) in [6, 6.07) is -0.344. The molecule has 1 saturated carbocycles. The van der Waals surface area contributed by atoms with Crippen LogP contribution in [0.3, 0.4) is 0 Å². The number of tetrazole rings is 1. The van der Waals surface area contributed by atoms with E-state index < -0.39 is 11.9 Å². The molecule has 0 aromatic carbocycles. The third-order valence-corrected chi connectivity index (χ3v) is 2.45. The van der Waals surface area contributed by atoms with Gasteiger partial charge in [-0.1, -0.05) is 0 Å². The number of aromatic nitrogens is 4. The average molecular weight is 225 g/mol. The first kappa shape index (κ1) is 10.5. The molecule has 1 aromatic heterocycles. The number of amides is 1. The molecule has 0 spiro atoms. The minimum atomic E-state index is -0.926. The molecule has 86 valence electrons. The van der Waals surface area contributed by atoms with Crippen LogP contribution in [0.2, 0.25) is 0 Å². The highest BCUT2D eigenvalue weighted by Gasteiger charge is 2.34. The molecular formula is C8H11N5O3. The fourth-order valence-corrected chi connectivity index (χ4v) is 1.51. The van der Waals surface area contributed by atoms with Crippen LogP contribution in [0.5, 0.6) is 0 Å². The van der Waals surface area contributed by atoms with Crippen LogP contribution < -0.4 is 5.32 Å². The Morgan fingerprint density at radius 1 is 1.56 bits per heavy atom. The number of hydrogen-bond acceptors (Lipinski definition) is 5. The van der Waals surface area contributed by atoms with Crippen molar-refractivity contribution in [2.24, 2.45) is 5.92 Å². The first-order valence-corrected chi connectivity index (χ1v) is 4.93. The van der Waals surface area contributed by atoms with Gasteiger partial charge in [-0.05, 0) is 24.0 Å². The van der Waals surface area contributed by atoms with E-state index in [0.29, 0.717) is 0 Å². The number of hydrogen-bond donors (Lipinski definition) is 3. The molecule has 2 rings (SSSR count). The molecule has 16 heavy (non-hydrogen) atoms. The third kappa shape index (κ3) is 2.53. The monoisotopic (exact) mass is 225 g/mol. The molecule has 3 N–H and O–H groups in total. The predicted octanol–water partition coefficient (Wildman–Crippen LogP) is -0.817.